The molecule has 0 aliphatic heterocycles. The van der Waals surface area contributed by atoms with Crippen molar-refractivity contribution < 1.29 is 28.8 Å². The zero-order valence-electron chi connectivity index (χ0n) is 21.2. The fraction of sp³-hybridized carbons (Fsp3) is 0.962. The zero-order valence-corrected chi connectivity index (χ0v) is 22.1. The van der Waals surface area contributed by atoms with Gasteiger partial charge >= 0.3 is 13.8 Å². The van der Waals surface area contributed by atoms with Gasteiger partial charge < -0.3 is 14.9 Å². The number of phosphoric acid groups is 1. The van der Waals surface area contributed by atoms with Crippen molar-refractivity contribution in [2.45, 2.75) is 154 Å². The van der Waals surface area contributed by atoms with Crippen LogP contribution in [0.1, 0.15) is 154 Å². The highest BCUT2D eigenvalue weighted by Crippen LogP contribution is 2.35. The highest BCUT2D eigenvalue weighted by atomic mass is 31.2. The minimum Gasteiger partial charge on any atom is -0.481 e. The largest absolute Gasteiger partial charge is 0.481 e. The average Bonchev–Trinajstić information content (AvgIpc) is 2.75. The molecule has 0 spiro atoms. The monoisotopic (exact) mass is 492 g/mol. The van der Waals surface area contributed by atoms with Gasteiger partial charge in [-0.2, -0.15) is 0 Å². The number of hydrogen-bond donors (Lipinski definition) is 3. The number of carbonyl (C=O) groups is 1. The molecule has 33 heavy (non-hydrogen) atoms. The summed E-state index contributed by atoms with van der Waals surface area (Å²) in [6, 6.07) is 0. The number of aliphatic carboxylic acids is 1. The molecule has 0 saturated heterocycles. The van der Waals surface area contributed by atoms with E-state index in [1.54, 1.807) is 0 Å². The maximum absolute atomic E-state index is 10.5. The van der Waals surface area contributed by atoms with Crippen LogP contribution < -0.4 is 0 Å². The quantitative estimate of drug-likeness (QED) is 0.0784. The van der Waals surface area contributed by atoms with E-state index in [9.17, 15) is 9.36 Å². The average molecular weight is 493 g/mol. The van der Waals surface area contributed by atoms with Crippen molar-refractivity contribution in [1.82, 2.24) is 0 Å². The van der Waals surface area contributed by atoms with Crippen LogP contribution in [0.2, 0.25) is 0 Å². The van der Waals surface area contributed by atoms with Gasteiger partial charge in [0.1, 0.15) is 0 Å². The lowest BCUT2D eigenvalue weighted by Gasteiger charge is -2.05. The number of phosphoric ester groups is 1. The normalized spacial score (nSPS) is 11.8. The Morgan fingerprint density at radius 2 is 0.727 bits per heavy atom. The Morgan fingerprint density at radius 3 is 0.970 bits per heavy atom. The second-order valence-corrected chi connectivity index (χ2v) is 10.8. The lowest BCUT2D eigenvalue weighted by molar-refractivity contribution is -0.137. The van der Waals surface area contributed by atoms with Crippen LogP contribution in [0.4, 0.5) is 0 Å². The van der Waals surface area contributed by atoms with Crippen LogP contribution in [-0.4, -0.2) is 27.5 Å². The number of rotatable bonds is 27. The van der Waals surface area contributed by atoms with Gasteiger partial charge in [0.25, 0.3) is 0 Å². The predicted molar refractivity (Wildman–Crippen MR) is 136 cm³/mol. The molecule has 0 unspecified atom stereocenters. The molecule has 0 saturated carbocycles. The van der Waals surface area contributed by atoms with Gasteiger partial charge in [-0.15, -0.1) is 0 Å². The third-order valence-corrected chi connectivity index (χ3v) is 6.81. The third-order valence-electron chi connectivity index (χ3n) is 6.29. The molecule has 0 atom stereocenters. The Labute approximate surface area is 203 Å². The summed E-state index contributed by atoms with van der Waals surface area (Å²) in [5.74, 6) is -0.667. The van der Waals surface area contributed by atoms with E-state index in [1.165, 1.54) is 116 Å². The molecule has 0 aliphatic rings. The van der Waals surface area contributed by atoms with Gasteiger partial charge in [-0.25, -0.2) is 4.57 Å². The Hall–Kier alpha value is -0.420. The summed E-state index contributed by atoms with van der Waals surface area (Å²) in [7, 11) is -4.28. The van der Waals surface area contributed by atoms with Gasteiger partial charge in [-0.1, -0.05) is 135 Å². The summed E-state index contributed by atoms with van der Waals surface area (Å²) >= 11 is 0. The first-order chi connectivity index (χ1) is 15.9. The maximum atomic E-state index is 10.5. The standard InChI is InChI=1S/C26H53O6P/c27-26(28)24-22-20-18-16-14-12-10-8-6-4-2-1-3-5-7-9-11-13-15-17-19-21-23-25-32-33(29,30)31/h1-25H2,(H,27,28)(H2,29,30,31). The van der Waals surface area contributed by atoms with Crippen molar-refractivity contribution >= 4 is 13.8 Å². The van der Waals surface area contributed by atoms with E-state index in [0.29, 0.717) is 6.42 Å². The number of carboxylic acid groups (broad SMARTS) is 1. The fourth-order valence-corrected chi connectivity index (χ4v) is 4.64. The second-order valence-electron chi connectivity index (χ2n) is 9.60. The van der Waals surface area contributed by atoms with E-state index < -0.39 is 13.8 Å². The third kappa shape index (κ3) is 31.6. The number of unbranched alkanes of at least 4 members (excludes halogenated alkanes) is 22. The number of carboxylic acids is 1. The molecule has 0 heterocycles. The van der Waals surface area contributed by atoms with E-state index in [4.69, 9.17) is 14.9 Å². The van der Waals surface area contributed by atoms with Crippen LogP contribution in [0, 0.1) is 0 Å². The van der Waals surface area contributed by atoms with Crippen LogP contribution in [0.5, 0.6) is 0 Å². The smallest absolute Gasteiger partial charge is 0.469 e. The molecule has 0 amide bonds. The van der Waals surface area contributed by atoms with Crippen LogP contribution in [0.25, 0.3) is 0 Å². The zero-order chi connectivity index (χ0) is 24.5. The Morgan fingerprint density at radius 1 is 0.485 bits per heavy atom. The lowest BCUT2D eigenvalue weighted by atomic mass is 10.0. The first-order valence-corrected chi connectivity index (χ1v) is 15.4. The molecule has 0 aromatic heterocycles. The minimum atomic E-state index is -4.28. The minimum absolute atomic E-state index is 0.157. The lowest BCUT2D eigenvalue weighted by Crippen LogP contribution is -1.93. The summed E-state index contributed by atoms with van der Waals surface area (Å²) in [6.07, 6.45) is 29.1. The molecule has 7 heteroatoms. The molecular formula is C26H53O6P. The number of hydrogen-bond acceptors (Lipinski definition) is 3. The molecule has 0 aromatic rings. The van der Waals surface area contributed by atoms with Gasteiger partial charge in [0.15, 0.2) is 0 Å². The van der Waals surface area contributed by atoms with Gasteiger partial charge in [-0.3, -0.25) is 9.32 Å². The first-order valence-electron chi connectivity index (χ1n) is 13.8. The molecule has 0 radical (unpaired) electrons. The van der Waals surface area contributed by atoms with Gasteiger partial charge in [0, 0.05) is 6.42 Å². The van der Waals surface area contributed by atoms with Crippen molar-refractivity contribution in [2.75, 3.05) is 6.61 Å². The van der Waals surface area contributed by atoms with Crippen molar-refractivity contribution in [3.05, 3.63) is 0 Å². The van der Waals surface area contributed by atoms with Crippen molar-refractivity contribution in [2.24, 2.45) is 0 Å². The highest BCUT2D eigenvalue weighted by molar-refractivity contribution is 7.46. The molecule has 0 aromatic carbocycles. The summed E-state index contributed by atoms with van der Waals surface area (Å²) in [5.41, 5.74) is 0. The highest BCUT2D eigenvalue weighted by Gasteiger charge is 2.12. The van der Waals surface area contributed by atoms with E-state index in [0.717, 1.165) is 32.1 Å². The SMILES string of the molecule is O=C(O)CCCCCCCCCCCCCCCCCCCCCCCCCOP(=O)(O)O. The summed E-state index contributed by atoms with van der Waals surface area (Å²) in [6.45, 7) is 0.157. The molecular weight excluding hydrogens is 439 g/mol. The summed E-state index contributed by atoms with van der Waals surface area (Å²) in [4.78, 5) is 27.6. The van der Waals surface area contributed by atoms with Crippen molar-refractivity contribution in [3.63, 3.8) is 0 Å². The van der Waals surface area contributed by atoms with Gasteiger partial charge in [-0.05, 0) is 12.8 Å². The fourth-order valence-electron chi connectivity index (χ4n) is 4.27. The Balaban J connectivity index is 3.05. The van der Waals surface area contributed by atoms with Gasteiger partial charge in [0.2, 0.25) is 0 Å². The van der Waals surface area contributed by atoms with E-state index in [-0.39, 0.29) is 6.61 Å². The summed E-state index contributed by atoms with van der Waals surface area (Å²) < 4.78 is 15.0. The molecule has 0 bridgehead atoms. The Bertz CT molecular complexity index is 466. The topological polar surface area (TPSA) is 104 Å². The van der Waals surface area contributed by atoms with Gasteiger partial charge in [0.05, 0.1) is 6.61 Å². The Kier molecular flexibility index (Phi) is 24.4. The maximum Gasteiger partial charge on any atom is 0.469 e. The van der Waals surface area contributed by atoms with Crippen LogP contribution in [-0.2, 0) is 13.9 Å². The van der Waals surface area contributed by atoms with Crippen molar-refractivity contribution in [1.29, 1.82) is 0 Å². The predicted octanol–water partition coefficient (Wildman–Crippen LogP) is 8.54. The molecule has 6 nitrogen and oxygen atoms in total. The van der Waals surface area contributed by atoms with Crippen LogP contribution in [0.3, 0.4) is 0 Å². The summed E-state index contributed by atoms with van der Waals surface area (Å²) in [5, 5.41) is 8.59. The van der Waals surface area contributed by atoms with E-state index >= 15 is 0 Å². The second kappa shape index (κ2) is 24.7. The van der Waals surface area contributed by atoms with Crippen molar-refractivity contribution in [3.8, 4) is 0 Å². The molecule has 0 rings (SSSR count). The molecule has 0 fully saturated rings. The molecule has 198 valence electrons. The van der Waals surface area contributed by atoms with E-state index in [2.05, 4.69) is 4.52 Å². The van der Waals surface area contributed by atoms with E-state index in [1.807, 2.05) is 0 Å². The molecule has 0 aliphatic carbocycles. The van der Waals surface area contributed by atoms with Crippen LogP contribution >= 0.6 is 7.82 Å². The molecule has 3 N–H and O–H groups in total. The first kappa shape index (κ1) is 32.6. The van der Waals surface area contributed by atoms with Crippen LogP contribution in [0.15, 0.2) is 0 Å².